The molecule has 1 aromatic carbocycles. The molecule has 3 heterocycles. The maximum atomic E-state index is 14.1. The van der Waals surface area contributed by atoms with Crippen LogP contribution in [0.4, 0.5) is 5.82 Å². The first-order valence-electron chi connectivity index (χ1n) is 15.2. The van der Waals surface area contributed by atoms with E-state index in [1.165, 1.54) is 44.9 Å². The molecule has 0 spiro atoms. The van der Waals surface area contributed by atoms with Crippen LogP contribution in [0.1, 0.15) is 96.9 Å². The molecule has 0 radical (unpaired) electrons. The van der Waals surface area contributed by atoms with Crippen LogP contribution in [0, 0.1) is 11.8 Å². The Labute approximate surface area is 226 Å². The number of rotatable bonds is 6. The van der Waals surface area contributed by atoms with Gasteiger partial charge in [0, 0.05) is 30.7 Å². The van der Waals surface area contributed by atoms with Crippen LogP contribution in [0.5, 0.6) is 0 Å². The second kappa shape index (κ2) is 10.6. The molecule has 2 unspecified atom stereocenters. The lowest BCUT2D eigenvalue weighted by Crippen LogP contribution is -2.57. The summed E-state index contributed by atoms with van der Waals surface area (Å²) in [5.74, 6) is 1.21. The van der Waals surface area contributed by atoms with E-state index in [1.54, 1.807) is 4.90 Å². The first-order valence-corrected chi connectivity index (χ1v) is 15.2. The van der Waals surface area contributed by atoms with Gasteiger partial charge in [-0.25, -0.2) is 9.78 Å². The molecule has 2 saturated carbocycles. The molecule has 38 heavy (non-hydrogen) atoms. The van der Waals surface area contributed by atoms with Gasteiger partial charge in [0.2, 0.25) is 0 Å². The molecule has 2 aliphatic heterocycles. The highest BCUT2D eigenvalue weighted by Gasteiger charge is 2.43. The van der Waals surface area contributed by atoms with E-state index >= 15 is 0 Å². The minimum absolute atomic E-state index is 0.0902. The summed E-state index contributed by atoms with van der Waals surface area (Å²) in [7, 11) is 0. The standard InChI is InChI=1S/C31H44N4O3/c1-3-8-23-19-24(15-20(2)34(23)25-17-21-9-4-5-10-22(16-21)18-25)35-27-12-7-6-11-26(27)32-29(30(35)36)33-14-13-28(33)31(37)38/h6-7,11-12,20-25,28H,3-5,8-10,13-19H2,1-2H3,(H,37,38)/t20?,21-,22+,23-,24-,25?,28+/m1/s1. The number of aromatic nitrogens is 2. The smallest absolute Gasteiger partial charge is 0.326 e. The van der Waals surface area contributed by atoms with Gasteiger partial charge in [-0.1, -0.05) is 51.2 Å². The second-order valence-corrected chi connectivity index (χ2v) is 12.7. The fourth-order valence-electron chi connectivity index (χ4n) is 8.58. The number of carbonyl (C=O) groups is 1. The van der Waals surface area contributed by atoms with Gasteiger partial charge < -0.3 is 14.6 Å². The quantitative estimate of drug-likeness (QED) is 0.533. The van der Waals surface area contributed by atoms with Gasteiger partial charge in [-0.2, -0.15) is 0 Å². The van der Waals surface area contributed by atoms with E-state index < -0.39 is 12.0 Å². The fraction of sp³-hybridized carbons (Fsp3) is 0.710. The Bertz CT molecular complexity index is 1210. The number of likely N-dealkylation sites (tertiary alicyclic amines) is 1. The van der Waals surface area contributed by atoms with Crippen LogP contribution in [0.25, 0.3) is 11.0 Å². The third-order valence-electron chi connectivity index (χ3n) is 10.2. The van der Waals surface area contributed by atoms with E-state index in [0.717, 1.165) is 48.6 Å². The van der Waals surface area contributed by atoms with Crippen molar-refractivity contribution in [3.63, 3.8) is 0 Å². The molecular weight excluding hydrogens is 476 g/mol. The van der Waals surface area contributed by atoms with E-state index in [4.69, 9.17) is 4.98 Å². The van der Waals surface area contributed by atoms with Crippen LogP contribution >= 0.6 is 0 Å². The van der Waals surface area contributed by atoms with Crippen LogP contribution in [-0.4, -0.2) is 56.2 Å². The van der Waals surface area contributed by atoms with Gasteiger partial charge in [0.15, 0.2) is 5.82 Å². The highest BCUT2D eigenvalue weighted by molar-refractivity contribution is 5.81. The van der Waals surface area contributed by atoms with Crippen molar-refractivity contribution in [2.24, 2.45) is 11.8 Å². The van der Waals surface area contributed by atoms with Gasteiger partial charge >= 0.3 is 5.97 Å². The number of hydrogen-bond acceptors (Lipinski definition) is 5. The molecule has 6 rings (SSSR count). The number of fused-ring (bicyclic) bond motifs is 3. The molecule has 7 heteroatoms. The Balaban J connectivity index is 1.34. The maximum absolute atomic E-state index is 14.1. The molecule has 4 fully saturated rings. The van der Waals surface area contributed by atoms with Crippen LogP contribution in [0.15, 0.2) is 29.1 Å². The third-order valence-corrected chi connectivity index (χ3v) is 10.2. The molecule has 1 N–H and O–H groups in total. The zero-order valence-electron chi connectivity index (χ0n) is 23.1. The van der Waals surface area contributed by atoms with Crippen LogP contribution in [0.3, 0.4) is 0 Å². The van der Waals surface area contributed by atoms with Crippen molar-refractivity contribution in [2.75, 3.05) is 11.4 Å². The fourth-order valence-corrected chi connectivity index (χ4v) is 8.58. The molecule has 2 saturated heterocycles. The van der Waals surface area contributed by atoms with Gasteiger partial charge in [0.05, 0.1) is 11.0 Å². The van der Waals surface area contributed by atoms with Gasteiger partial charge in [-0.05, 0) is 75.8 Å². The zero-order valence-corrected chi connectivity index (χ0v) is 23.1. The van der Waals surface area contributed by atoms with Gasteiger partial charge in [0.25, 0.3) is 5.56 Å². The summed E-state index contributed by atoms with van der Waals surface area (Å²) in [6.07, 6.45) is 14.5. The minimum atomic E-state index is -0.879. The minimum Gasteiger partial charge on any atom is -0.480 e. The van der Waals surface area contributed by atoms with Crippen LogP contribution in [0.2, 0.25) is 0 Å². The number of nitrogens with zero attached hydrogens (tertiary/aromatic N) is 4. The Hall–Kier alpha value is -2.41. The molecular formula is C31H44N4O3. The number of carboxylic acid groups (broad SMARTS) is 1. The molecule has 2 aromatic rings. The lowest BCUT2D eigenvalue weighted by atomic mass is 9.75. The summed E-state index contributed by atoms with van der Waals surface area (Å²) in [5, 5.41) is 9.66. The Morgan fingerprint density at radius 3 is 2.39 bits per heavy atom. The number of hydrogen-bond donors (Lipinski definition) is 1. The van der Waals surface area contributed by atoms with Crippen molar-refractivity contribution in [2.45, 2.75) is 121 Å². The number of aliphatic carboxylic acids is 1. The summed E-state index contributed by atoms with van der Waals surface area (Å²) in [6.45, 7) is 5.24. The lowest BCUT2D eigenvalue weighted by molar-refractivity contribution is -0.140. The Kier molecular flexibility index (Phi) is 7.23. The predicted molar refractivity (Wildman–Crippen MR) is 151 cm³/mol. The molecule has 7 atom stereocenters. The highest BCUT2D eigenvalue weighted by atomic mass is 16.4. The van der Waals surface area contributed by atoms with Crippen molar-refractivity contribution >= 4 is 22.8 Å². The molecule has 0 amide bonds. The SMILES string of the molecule is CCC[C@@H]1C[C@H](n2c(=O)c(N3CC[C@H]3C(=O)O)nc3ccccc32)CC(C)N1C1C[C@H]2CCCC[C@@H](C1)C2. The average molecular weight is 521 g/mol. The molecule has 2 aliphatic carbocycles. The van der Waals surface area contributed by atoms with Crippen molar-refractivity contribution in [3.8, 4) is 0 Å². The summed E-state index contributed by atoms with van der Waals surface area (Å²) >= 11 is 0. The number of anilines is 1. The topological polar surface area (TPSA) is 78.7 Å². The number of piperidine rings is 1. The summed E-state index contributed by atoms with van der Waals surface area (Å²) in [5.41, 5.74) is 1.52. The largest absolute Gasteiger partial charge is 0.480 e. The summed E-state index contributed by atoms with van der Waals surface area (Å²) in [4.78, 5) is 35.1. The molecule has 2 bridgehead atoms. The first-order chi connectivity index (χ1) is 18.4. The van der Waals surface area contributed by atoms with E-state index in [0.29, 0.717) is 36.9 Å². The van der Waals surface area contributed by atoms with E-state index in [1.807, 2.05) is 28.8 Å². The first kappa shape index (κ1) is 25.8. The van der Waals surface area contributed by atoms with Crippen LogP contribution < -0.4 is 10.5 Å². The molecule has 206 valence electrons. The monoisotopic (exact) mass is 520 g/mol. The van der Waals surface area contributed by atoms with Gasteiger partial charge in [0.1, 0.15) is 6.04 Å². The normalized spacial score (nSPS) is 34.1. The summed E-state index contributed by atoms with van der Waals surface area (Å²) in [6, 6.07) is 8.88. The number of benzene rings is 1. The van der Waals surface area contributed by atoms with Gasteiger partial charge in [-0.3, -0.25) is 9.69 Å². The predicted octanol–water partition coefficient (Wildman–Crippen LogP) is 5.61. The molecule has 1 aromatic heterocycles. The van der Waals surface area contributed by atoms with E-state index in [2.05, 4.69) is 18.7 Å². The van der Waals surface area contributed by atoms with Crippen molar-refractivity contribution in [1.82, 2.24) is 14.5 Å². The summed E-state index contributed by atoms with van der Waals surface area (Å²) < 4.78 is 1.99. The Morgan fingerprint density at radius 1 is 1.00 bits per heavy atom. The van der Waals surface area contributed by atoms with Crippen molar-refractivity contribution in [3.05, 3.63) is 34.6 Å². The number of para-hydroxylation sites is 2. The highest BCUT2D eigenvalue weighted by Crippen LogP contribution is 2.44. The van der Waals surface area contributed by atoms with E-state index in [9.17, 15) is 14.7 Å². The molecule has 4 aliphatic rings. The van der Waals surface area contributed by atoms with E-state index in [-0.39, 0.29) is 11.6 Å². The number of carboxylic acids is 1. The second-order valence-electron chi connectivity index (χ2n) is 12.7. The lowest BCUT2D eigenvalue weighted by Gasteiger charge is -2.51. The Morgan fingerprint density at radius 2 is 1.74 bits per heavy atom. The zero-order chi connectivity index (χ0) is 26.4. The molecule has 7 nitrogen and oxygen atoms in total. The van der Waals surface area contributed by atoms with Crippen molar-refractivity contribution in [1.29, 1.82) is 0 Å². The average Bonchev–Trinajstić information content (AvgIpc) is 3.02. The van der Waals surface area contributed by atoms with Crippen LogP contribution in [-0.2, 0) is 4.79 Å². The van der Waals surface area contributed by atoms with Crippen molar-refractivity contribution < 1.29 is 9.90 Å². The maximum Gasteiger partial charge on any atom is 0.326 e. The van der Waals surface area contributed by atoms with Gasteiger partial charge in [-0.15, -0.1) is 0 Å². The third kappa shape index (κ3) is 4.65.